The highest BCUT2D eigenvalue weighted by Crippen LogP contribution is 2.22. The van der Waals surface area contributed by atoms with Gasteiger partial charge in [0, 0.05) is 24.2 Å². The van der Waals surface area contributed by atoms with Gasteiger partial charge in [-0.05, 0) is 47.5 Å². The van der Waals surface area contributed by atoms with Gasteiger partial charge in [0.15, 0.2) is 0 Å². The van der Waals surface area contributed by atoms with Crippen molar-refractivity contribution in [3.05, 3.63) is 33.3 Å². The molecular formula is C12H17BrClNO. The Morgan fingerprint density at radius 1 is 1.50 bits per heavy atom. The number of ether oxygens (including phenoxy) is 1. The van der Waals surface area contributed by atoms with Crippen molar-refractivity contribution in [3.63, 3.8) is 0 Å². The number of hydrogen-bond donors (Lipinski definition) is 1. The third-order valence-electron chi connectivity index (χ3n) is 2.20. The average Bonchev–Trinajstić information content (AvgIpc) is 2.24. The van der Waals surface area contributed by atoms with E-state index in [1.54, 1.807) is 0 Å². The molecule has 1 aromatic carbocycles. The van der Waals surface area contributed by atoms with Crippen molar-refractivity contribution in [1.29, 1.82) is 0 Å². The van der Waals surface area contributed by atoms with Gasteiger partial charge in [0.2, 0.25) is 0 Å². The van der Waals surface area contributed by atoms with Gasteiger partial charge in [-0.1, -0.05) is 17.7 Å². The summed E-state index contributed by atoms with van der Waals surface area (Å²) in [6.07, 6.45) is 0.246. The minimum absolute atomic E-state index is 0.246. The van der Waals surface area contributed by atoms with Gasteiger partial charge in [0.1, 0.15) is 0 Å². The number of rotatable bonds is 6. The summed E-state index contributed by atoms with van der Waals surface area (Å²) in [5.41, 5.74) is 1.18. The van der Waals surface area contributed by atoms with Crippen LogP contribution in [0.25, 0.3) is 0 Å². The van der Waals surface area contributed by atoms with Gasteiger partial charge >= 0.3 is 0 Å². The predicted molar refractivity (Wildman–Crippen MR) is 71.9 cm³/mol. The third kappa shape index (κ3) is 4.83. The Morgan fingerprint density at radius 3 is 2.88 bits per heavy atom. The summed E-state index contributed by atoms with van der Waals surface area (Å²) in [4.78, 5) is 0. The van der Waals surface area contributed by atoms with E-state index in [1.165, 1.54) is 5.56 Å². The second-order valence-corrected chi connectivity index (χ2v) is 4.91. The Bertz CT molecular complexity index is 333. The van der Waals surface area contributed by atoms with E-state index in [-0.39, 0.29) is 6.10 Å². The Morgan fingerprint density at radius 2 is 2.25 bits per heavy atom. The standard InChI is InChI=1S/C12H17BrClNO/c1-3-16-9(2)7-15-8-10-4-5-11(13)12(14)6-10/h4-6,9,15H,3,7-8H2,1-2H3. The molecule has 0 aliphatic carbocycles. The largest absolute Gasteiger partial charge is 0.377 e. The normalized spacial score (nSPS) is 12.8. The number of benzene rings is 1. The van der Waals surface area contributed by atoms with E-state index < -0.39 is 0 Å². The molecular weight excluding hydrogens is 289 g/mol. The molecule has 0 saturated heterocycles. The van der Waals surface area contributed by atoms with Crippen LogP contribution in [0.5, 0.6) is 0 Å². The van der Waals surface area contributed by atoms with Crippen LogP contribution in [0.3, 0.4) is 0 Å². The quantitative estimate of drug-likeness (QED) is 0.867. The third-order valence-corrected chi connectivity index (χ3v) is 3.43. The van der Waals surface area contributed by atoms with Gasteiger partial charge in [-0.15, -0.1) is 0 Å². The lowest BCUT2D eigenvalue weighted by Gasteiger charge is -2.12. The van der Waals surface area contributed by atoms with Gasteiger partial charge in [0.25, 0.3) is 0 Å². The second kappa shape index (κ2) is 7.28. The van der Waals surface area contributed by atoms with E-state index in [9.17, 15) is 0 Å². The van der Waals surface area contributed by atoms with E-state index in [4.69, 9.17) is 16.3 Å². The smallest absolute Gasteiger partial charge is 0.0671 e. The predicted octanol–water partition coefficient (Wildman–Crippen LogP) is 3.62. The zero-order valence-electron chi connectivity index (χ0n) is 9.59. The Labute approximate surface area is 110 Å². The molecule has 2 nitrogen and oxygen atoms in total. The first-order valence-electron chi connectivity index (χ1n) is 5.39. The van der Waals surface area contributed by atoms with Crippen LogP contribution >= 0.6 is 27.5 Å². The summed E-state index contributed by atoms with van der Waals surface area (Å²) in [5, 5.41) is 4.08. The molecule has 16 heavy (non-hydrogen) atoms. The van der Waals surface area contributed by atoms with Crippen LogP contribution in [0.1, 0.15) is 19.4 Å². The Balaban J connectivity index is 2.34. The first kappa shape index (κ1) is 14.0. The van der Waals surface area contributed by atoms with Crippen molar-refractivity contribution in [3.8, 4) is 0 Å². The van der Waals surface area contributed by atoms with E-state index in [0.29, 0.717) is 0 Å². The minimum Gasteiger partial charge on any atom is -0.377 e. The summed E-state index contributed by atoms with van der Waals surface area (Å²) in [5.74, 6) is 0. The van der Waals surface area contributed by atoms with Gasteiger partial charge in [-0.2, -0.15) is 0 Å². The number of hydrogen-bond acceptors (Lipinski definition) is 2. The molecule has 1 aromatic rings. The lowest BCUT2D eigenvalue weighted by Crippen LogP contribution is -2.26. The summed E-state index contributed by atoms with van der Waals surface area (Å²) in [6, 6.07) is 5.98. The maximum Gasteiger partial charge on any atom is 0.0671 e. The maximum atomic E-state index is 6.01. The summed E-state index contributed by atoms with van der Waals surface area (Å²) >= 11 is 9.37. The van der Waals surface area contributed by atoms with Crippen LogP contribution in [0.2, 0.25) is 5.02 Å². The van der Waals surface area contributed by atoms with E-state index in [0.717, 1.165) is 29.2 Å². The molecule has 1 rings (SSSR count). The highest BCUT2D eigenvalue weighted by molar-refractivity contribution is 9.10. The molecule has 0 bridgehead atoms. The molecule has 0 radical (unpaired) electrons. The molecule has 90 valence electrons. The van der Waals surface area contributed by atoms with E-state index in [1.807, 2.05) is 25.1 Å². The monoisotopic (exact) mass is 305 g/mol. The average molecular weight is 307 g/mol. The van der Waals surface area contributed by atoms with Crippen LogP contribution in [0.15, 0.2) is 22.7 Å². The van der Waals surface area contributed by atoms with Crippen molar-refractivity contribution in [1.82, 2.24) is 5.32 Å². The van der Waals surface area contributed by atoms with Crippen molar-refractivity contribution in [2.75, 3.05) is 13.2 Å². The number of nitrogens with one attached hydrogen (secondary N) is 1. The minimum atomic E-state index is 0.246. The molecule has 0 fully saturated rings. The summed E-state index contributed by atoms with van der Waals surface area (Å²) in [6.45, 7) is 6.48. The van der Waals surface area contributed by atoms with Crippen molar-refractivity contribution in [2.24, 2.45) is 0 Å². The molecule has 4 heteroatoms. The molecule has 1 N–H and O–H groups in total. The maximum absolute atomic E-state index is 6.01. The Kier molecular flexibility index (Phi) is 6.36. The molecule has 0 saturated carbocycles. The summed E-state index contributed by atoms with van der Waals surface area (Å²) < 4.78 is 6.36. The van der Waals surface area contributed by atoms with Gasteiger partial charge in [-0.25, -0.2) is 0 Å². The van der Waals surface area contributed by atoms with Crippen molar-refractivity contribution >= 4 is 27.5 Å². The molecule has 1 unspecified atom stereocenters. The van der Waals surface area contributed by atoms with Gasteiger partial charge in [-0.3, -0.25) is 0 Å². The van der Waals surface area contributed by atoms with Crippen molar-refractivity contribution < 1.29 is 4.74 Å². The first-order valence-corrected chi connectivity index (χ1v) is 6.56. The second-order valence-electron chi connectivity index (χ2n) is 3.65. The van der Waals surface area contributed by atoms with Gasteiger partial charge < -0.3 is 10.1 Å². The molecule has 0 spiro atoms. The fourth-order valence-corrected chi connectivity index (χ4v) is 1.86. The molecule has 0 amide bonds. The van der Waals surface area contributed by atoms with Crippen molar-refractivity contribution in [2.45, 2.75) is 26.5 Å². The molecule has 1 atom stereocenters. The molecule has 0 heterocycles. The summed E-state index contributed by atoms with van der Waals surface area (Å²) in [7, 11) is 0. The van der Waals surface area contributed by atoms with E-state index >= 15 is 0 Å². The SMILES string of the molecule is CCOC(C)CNCc1ccc(Br)c(Cl)c1. The fraction of sp³-hybridized carbons (Fsp3) is 0.500. The molecule has 0 aromatic heterocycles. The van der Waals surface area contributed by atoms with Crippen LogP contribution in [0.4, 0.5) is 0 Å². The lowest BCUT2D eigenvalue weighted by atomic mass is 10.2. The highest BCUT2D eigenvalue weighted by atomic mass is 79.9. The first-order chi connectivity index (χ1) is 7.63. The van der Waals surface area contributed by atoms with Crippen LogP contribution in [0, 0.1) is 0 Å². The fourth-order valence-electron chi connectivity index (χ4n) is 1.41. The number of halogens is 2. The molecule has 0 aliphatic rings. The van der Waals surface area contributed by atoms with E-state index in [2.05, 4.69) is 28.2 Å². The van der Waals surface area contributed by atoms with Crippen LogP contribution < -0.4 is 5.32 Å². The zero-order chi connectivity index (χ0) is 12.0. The van der Waals surface area contributed by atoms with Crippen LogP contribution in [-0.2, 0) is 11.3 Å². The van der Waals surface area contributed by atoms with Gasteiger partial charge in [0.05, 0.1) is 11.1 Å². The topological polar surface area (TPSA) is 21.3 Å². The highest BCUT2D eigenvalue weighted by Gasteiger charge is 2.01. The lowest BCUT2D eigenvalue weighted by molar-refractivity contribution is 0.0759. The zero-order valence-corrected chi connectivity index (χ0v) is 11.9. The van der Waals surface area contributed by atoms with Crippen LogP contribution in [-0.4, -0.2) is 19.3 Å². The Hall–Kier alpha value is -0.0900. The molecule has 0 aliphatic heterocycles.